The molecule has 4 rings (SSSR count). The van der Waals surface area contributed by atoms with Gasteiger partial charge < -0.3 is 9.30 Å². The third-order valence-corrected chi connectivity index (χ3v) is 5.22. The summed E-state index contributed by atoms with van der Waals surface area (Å²) in [6.45, 7) is 3.17. The van der Waals surface area contributed by atoms with Crippen LogP contribution in [0.1, 0.15) is 31.1 Å². The number of nitrogens with zero attached hydrogens (tertiary/aromatic N) is 6. The van der Waals surface area contributed by atoms with Crippen LogP contribution in [0, 0.1) is 5.82 Å². The van der Waals surface area contributed by atoms with Gasteiger partial charge in [-0.05, 0) is 43.1 Å². The van der Waals surface area contributed by atoms with Gasteiger partial charge in [-0.2, -0.15) is 18.2 Å². The maximum atomic E-state index is 15.4. The summed E-state index contributed by atoms with van der Waals surface area (Å²) < 4.78 is 63.0. The Morgan fingerprint density at radius 1 is 1.15 bits per heavy atom. The fourth-order valence-corrected chi connectivity index (χ4v) is 3.61. The van der Waals surface area contributed by atoms with Gasteiger partial charge in [0.15, 0.2) is 11.3 Å². The first-order chi connectivity index (χ1) is 16.0. The number of aromatic nitrogens is 6. The third kappa shape index (κ3) is 4.32. The molecule has 0 aliphatic rings. The minimum Gasteiger partial charge on any atom is -0.496 e. The molecule has 0 aliphatic carbocycles. The molecule has 13 heteroatoms. The van der Waals surface area contributed by atoms with E-state index >= 15 is 4.39 Å². The summed E-state index contributed by atoms with van der Waals surface area (Å²) in [5.41, 5.74) is -1.16. The topological polar surface area (TPSA) is 87.7 Å². The standard InChI is InChI=1S/C21H17ClF4N6O2/c1-10(2)31-9-15(21(24,25)26)29-19(31)17-12(23)4-11(5-14(17)34-3)8-32-16(33)7-27-13-6-28-20(22)30-18(13)32/h4-7,9-10H,8H2,1-3H3. The second kappa shape index (κ2) is 8.67. The van der Waals surface area contributed by atoms with Crippen molar-refractivity contribution in [3.63, 3.8) is 0 Å². The average molecular weight is 497 g/mol. The molecule has 34 heavy (non-hydrogen) atoms. The largest absolute Gasteiger partial charge is 0.496 e. The van der Waals surface area contributed by atoms with Gasteiger partial charge >= 0.3 is 6.18 Å². The van der Waals surface area contributed by atoms with E-state index in [4.69, 9.17) is 16.3 Å². The normalized spacial score (nSPS) is 12.0. The van der Waals surface area contributed by atoms with Crippen LogP contribution in [0.25, 0.3) is 22.6 Å². The zero-order chi connectivity index (χ0) is 24.8. The average Bonchev–Trinajstić information content (AvgIpc) is 3.21. The molecule has 178 valence electrons. The van der Waals surface area contributed by atoms with Crippen molar-refractivity contribution in [2.45, 2.75) is 32.6 Å². The van der Waals surface area contributed by atoms with Gasteiger partial charge in [-0.25, -0.2) is 19.3 Å². The SMILES string of the molecule is COc1cc(Cn2c(=O)cnc3cnc(Cl)nc32)cc(F)c1-c1nc(C(F)(F)F)cn1C(C)C. The molecule has 0 fully saturated rings. The molecule has 0 saturated carbocycles. The molecule has 4 aromatic rings. The Balaban J connectivity index is 1.85. The summed E-state index contributed by atoms with van der Waals surface area (Å²) in [4.78, 5) is 27.9. The Bertz CT molecular complexity index is 1450. The van der Waals surface area contributed by atoms with E-state index in [1.807, 2.05) is 0 Å². The number of benzene rings is 1. The van der Waals surface area contributed by atoms with Gasteiger partial charge in [-0.3, -0.25) is 9.36 Å². The van der Waals surface area contributed by atoms with Gasteiger partial charge in [0.2, 0.25) is 5.28 Å². The molecule has 0 aliphatic heterocycles. The van der Waals surface area contributed by atoms with E-state index in [0.29, 0.717) is 11.1 Å². The fraction of sp³-hybridized carbons (Fsp3) is 0.286. The lowest BCUT2D eigenvalue weighted by molar-refractivity contribution is -0.140. The van der Waals surface area contributed by atoms with Gasteiger partial charge in [0, 0.05) is 12.2 Å². The predicted octanol–water partition coefficient (Wildman–Crippen LogP) is 4.50. The lowest BCUT2D eigenvalue weighted by atomic mass is 10.1. The molecule has 0 amide bonds. The fourth-order valence-electron chi connectivity index (χ4n) is 3.48. The van der Waals surface area contributed by atoms with Crippen LogP contribution < -0.4 is 10.3 Å². The Kier molecular flexibility index (Phi) is 6.02. The third-order valence-electron chi connectivity index (χ3n) is 5.03. The van der Waals surface area contributed by atoms with Crippen LogP contribution in [-0.4, -0.2) is 36.2 Å². The summed E-state index contributed by atoms with van der Waals surface area (Å²) in [6, 6.07) is 2.09. The first-order valence-electron chi connectivity index (χ1n) is 9.90. The van der Waals surface area contributed by atoms with Crippen LogP contribution in [0.5, 0.6) is 5.75 Å². The second-order valence-corrected chi connectivity index (χ2v) is 7.97. The number of ether oxygens (including phenoxy) is 1. The van der Waals surface area contributed by atoms with E-state index in [1.54, 1.807) is 13.8 Å². The highest BCUT2D eigenvalue weighted by molar-refractivity contribution is 6.28. The van der Waals surface area contributed by atoms with Crippen LogP contribution in [0.3, 0.4) is 0 Å². The number of alkyl halides is 3. The molecule has 1 aromatic carbocycles. The van der Waals surface area contributed by atoms with E-state index in [9.17, 15) is 18.0 Å². The molecule has 3 heterocycles. The maximum absolute atomic E-state index is 15.4. The van der Waals surface area contributed by atoms with E-state index in [2.05, 4.69) is 19.9 Å². The maximum Gasteiger partial charge on any atom is 0.434 e. The van der Waals surface area contributed by atoms with E-state index in [1.165, 1.54) is 28.5 Å². The first-order valence-corrected chi connectivity index (χ1v) is 10.3. The molecule has 0 saturated heterocycles. The lowest BCUT2D eigenvalue weighted by Crippen LogP contribution is -2.22. The van der Waals surface area contributed by atoms with Gasteiger partial charge in [-0.15, -0.1) is 0 Å². The lowest BCUT2D eigenvalue weighted by Gasteiger charge is -2.16. The van der Waals surface area contributed by atoms with Crippen LogP contribution in [0.2, 0.25) is 5.28 Å². The van der Waals surface area contributed by atoms with Crippen molar-refractivity contribution in [3.05, 3.63) is 63.4 Å². The van der Waals surface area contributed by atoms with Crippen LogP contribution in [-0.2, 0) is 12.7 Å². The molecule has 0 atom stereocenters. The monoisotopic (exact) mass is 496 g/mol. The molecule has 3 aromatic heterocycles. The highest BCUT2D eigenvalue weighted by Gasteiger charge is 2.36. The van der Waals surface area contributed by atoms with Crippen molar-refractivity contribution in [2.75, 3.05) is 7.11 Å². The van der Waals surface area contributed by atoms with Crippen molar-refractivity contribution < 1.29 is 22.3 Å². The van der Waals surface area contributed by atoms with Crippen molar-refractivity contribution in [1.29, 1.82) is 0 Å². The quantitative estimate of drug-likeness (QED) is 0.299. The molecule has 0 radical (unpaired) electrons. The summed E-state index contributed by atoms with van der Waals surface area (Å²) in [7, 11) is 1.26. The second-order valence-electron chi connectivity index (χ2n) is 7.63. The van der Waals surface area contributed by atoms with Gasteiger partial charge in [0.05, 0.1) is 31.6 Å². The van der Waals surface area contributed by atoms with Gasteiger partial charge in [-0.1, -0.05) is 0 Å². The van der Waals surface area contributed by atoms with Crippen molar-refractivity contribution >= 4 is 22.8 Å². The number of rotatable bonds is 5. The van der Waals surface area contributed by atoms with Gasteiger partial charge in [0.1, 0.15) is 22.9 Å². The first kappa shape index (κ1) is 23.6. The summed E-state index contributed by atoms with van der Waals surface area (Å²) >= 11 is 5.85. The van der Waals surface area contributed by atoms with Crippen molar-refractivity contribution in [3.8, 4) is 17.1 Å². The van der Waals surface area contributed by atoms with Crippen LogP contribution in [0.15, 0.2) is 35.5 Å². The summed E-state index contributed by atoms with van der Waals surface area (Å²) in [5.74, 6) is -1.14. The smallest absolute Gasteiger partial charge is 0.434 e. The molecule has 0 N–H and O–H groups in total. The number of fused-ring (bicyclic) bond motifs is 1. The minimum absolute atomic E-state index is 0.0460. The van der Waals surface area contributed by atoms with Crippen LogP contribution >= 0.6 is 11.6 Å². The number of hydrogen-bond acceptors (Lipinski definition) is 6. The zero-order valence-corrected chi connectivity index (χ0v) is 18.8. The highest BCUT2D eigenvalue weighted by Crippen LogP contribution is 2.38. The Morgan fingerprint density at radius 2 is 1.88 bits per heavy atom. The number of halogens is 5. The molecule has 0 unspecified atom stereocenters. The summed E-state index contributed by atoms with van der Waals surface area (Å²) in [6.07, 6.45) is -1.46. The Hall–Kier alpha value is -3.54. The van der Waals surface area contributed by atoms with E-state index in [-0.39, 0.29) is 34.6 Å². The van der Waals surface area contributed by atoms with Crippen LogP contribution in [0.4, 0.5) is 17.6 Å². The Labute approximate surface area is 194 Å². The van der Waals surface area contributed by atoms with Crippen molar-refractivity contribution in [1.82, 2.24) is 29.1 Å². The van der Waals surface area contributed by atoms with E-state index < -0.39 is 29.3 Å². The summed E-state index contributed by atoms with van der Waals surface area (Å²) in [5, 5.41) is -0.103. The minimum atomic E-state index is -4.70. The number of methoxy groups -OCH3 is 1. The molecule has 0 bridgehead atoms. The predicted molar refractivity (Wildman–Crippen MR) is 115 cm³/mol. The van der Waals surface area contributed by atoms with Gasteiger partial charge in [0.25, 0.3) is 5.56 Å². The van der Waals surface area contributed by atoms with E-state index in [0.717, 1.165) is 18.5 Å². The molecule has 0 spiro atoms. The number of hydrogen-bond donors (Lipinski definition) is 0. The molecule has 8 nitrogen and oxygen atoms in total. The molecular formula is C21H17ClF4N6O2. The van der Waals surface area contributed by atoms with Crippen molar-refractivity contribution in [2.24, 2.45) is 0 Å². The highest BCUT2D eigenvalue weighted by atomic mass is 35.5. The Morgan fingerprint density at radius 3 is 2.53 bits per heavy atom. The zero-order valence-electron chi connectivity index (χ0n) is 18.1. The molecular weight excluding hydrogens is 480 g/mol. The number of imidazole rings is 1.